The lowest BCUT2D eigenvalue weighted by Gasteiger charge is -2.33. The molecule has 1 N–H and O–H groups in total. The molecule has 0 spiro atoms. The first kappa shape index (κ1) is 12.8. The molecule has 2 aliphatic rings. The molecule has 98 valence electrons. The number of carbonyl (C=O) groups is 1. The van der Waals surface area contributed by atoms with E-state index in [1.807, 2.05) is 4.90 Å². The van der Waals surface area contributed by atoms with E-state index in [9.17, 15) is 4.79 Å². The first-order chi connectivity index (χ1) is 8.27. The van der Waals surface area contributed by atoms with Gasteiger partial charge in [-0.25, -0.2) is 0 Å². The number of hydrogen-bond acceptors (Lipinski definition) is 4. The molecule has 17 heavy (non-hydrogen) atoms. The summed E-state index contributed by atoms with van der Waals surface area (Å²) in [6.07, 6.45) is 3.69. The standard InChI is InChI=1S/C12H22N2O3/c15-12(16)11-10-17-9-8-14(11)7-3-6-13-4-1-2-5-13/h11H,1-10H2,(H,15,16). The summed E-state index contributed by atoms with van der Waals surface area (Å²) >= 11 is 0. The van der Waals surface area contributed by atoms with E-state index in [-0.39, 0.29) is 0 Å². The lowest BCUT2D eigenvalue weighted by Crippen LogP contribution is -2.50. The molecule has 0 aromatic heterocycles. The predicted molar refractivity (Wildman–Crippen MR) is 64.1 cm³/mol. The number of nitrogens with zero attached hydrogens (tertiary/aromatic N) is 2. The number of ether oxygens (including phenoxy) is 1. The molecule has 5 nitrogen and oxygen atoms in total. The van der Waals surface area contributed by atoms with Gasteiger partial charge in [-0.05, 0) is 38.9 Å². The second-order valence-electron chi connectivity index (χ2n) is 4.87. The lowest BCUT2D eigenvalue weighted by atomic mass is 10.2. The average molecular weight is 242 g/mol. The van der Waals surface area contributed by atoms with Crippen LogP contribution in [0.4, 0.5) is 0 Å². The first-order valence-corrected chi connectivity index (χ1v) is 6.54. The fourth-order valence-corrected chi connectivity index (χ4v) is 2.64. The van der Waals surface area contributed by atoms with Crippen LogP contribution in [-0.2, 0) is 9.53 Å². The van der Waals surface area contributed by atoms with Gasteiger partial charge in [0.2, 0.25) is 0 Å². The van der Waals surface area contributed by atoms with E-state index in [0.717, 1.165) is 26.1 Å². The van der Waals surface area contributed by atoms with Gasteiger partial charge >= 0.3 is 5.97 Å². The zero-order chi connectivity index (χ0) is 12.1. The van der Waals surface area contributed by atoms with Crippen molar-refractivity contribution < 1.29 is 14.6 Å². The third kappa shape index (κ3) is 3.66. The zero-order valence-electron chi connectivity index (χ0n) is 10.3. The number of aliphatic carboxylic acids is 1. The molecule has 0 radical (unpaired) electrons. The fraction of sp³-hybridized carbons (Fsp3) is 0.917. The second-order valence-corrected chi connectivity index (χ2v) is 4.87. The Morgan fingerprint density at radius 2 is 2.00 bits per heavy atom. The van der Waals surface area contributed by atoms with Gasteiger partial charge in [0.05, 0.1) is 13.2 Å². The quantitative estimate of drug-likeness (QED) is 0.749. The number of likely N-dealkylation sites (tertiary alicyclic amines) is 1. The third-order valence-corrected chi connectivity index (χ3v) is 3.64. The van der Waals surface area contributed by atoms with Crippen molar-refractivity contribution >= 4 is 5.97 Å². The van der Waals surface area contributed by atoms with Gasteiger partial charge in [0.25, 0.3) is 0 Å². The van der Waals surface area contributed by atoms with E-state index in [2.05, 4.69) is 4.90 Å². The third-order valence-electron chi connectivity index (χ3n) is 3.64. The molecule has 2 heterocycles. The Labute approximate surface area is 102 Å². The minimum absolute atomic E-state index is 0.332. The molecular weight excluding hydrogens is 220 g/mol. The molecule has 1 unspecified atom stereocenters. The molecule has 2 rings (SSSR count). The topological polar surface area (TPSA) is 53.0 Å². The smallest absolute Gasteiger partial charge is 0.323 e. The van der Waals surface area contributed by atoms with Gasteiger partial charge in [0.15, 0.2) is 0 Å². The number of morpholine rings is 1. The van der Waals surface area contributed by atoms with Crippen LogP contribution in [0.2, 0.25) is 0 Å². The summed E-state index contributed by atoms with van der Waals surface area (Å²) in [4.78, 5) is 15.6. The van der Waals surface area contributed by atoms with Crippen molar-refractivity contribution in [2.24, 2.45) is 0 Å². The number of carboxylic acid groups (broad SMARTS) is 1. The summed E-state index contributed by atoms with van der Waals surface area (Å²) in [5.41, 5.74) is 0. The molecule has 2 aliphatic heterocycles. The molecule has 0 saturated carbocycles. The van der Waals surface area contributed by atoms with Crippen molar-refractivity contribution in [3.63, 3.8) is 0 Å². The van der Waals surface area contributed by atoms with Gasteiger partial charge < -0.3 is 14.7 Å². The molecule has 0 aromatic carbocycles. The summed E-state index contributed by atoms with van der Waals surface area (Å²) in [6, 6.07) is -0.442. The van der Waals surface area contributed by atoms with Gasteiger partial charge in [-0.3, -0.25) is 9.69 Å². The Bertz CT molecular complexity index is 254. The first-order valence-electron chi connectivity index (χ1n) is 6.54. The van der Waals surface area contributed by atoms with Crippen molar-refractivity contribution in [1.82, 2.24) is 9.80 Å². The Kier molecular flexibility index (Phi) is 4.76. The van der Waals surface area contributed by atoms with Crippen molar-refractivity contribution in [3.05, 3.63) is 0 Å². The van der Waals surface area contributed by atoms with Gasteiger partial charge in [-0.15, -0.1) is 0 Å². The Balaban J connectivity index is 1.70. The summed E-state index contributed by atoms with van der Waals surface area (Å²) < 4.78 is 5.22. The van der Waals surface area contributed by atoms with Crippen molar-refractivity contribution in [2.75, 3.05) is 45.9 Å². The minimum Gasteiger partial charge on any atom is -0.480 e. The normalized spacial score (nSPS) is 27.4. The van der Waals surface area contributed by atoms with Crippen LogP contribution in [0.15, 0.2) is 0 Å². The van der Waals surface area contributed by atoms with Crippen LogP contribution in [0.1, 0.15) is 19.3 Å². The van der Waals surface area contributed by atoms with Crippen LogP contribution in [0.5, 0.6) is 0 Å². The highest BCUT2D eigenvalue weighted by Crippen LogP contribution is 2.10. The van der Waals surface area contributed by atoms with Crippen LogP contribution in [0.3, 0.4) is 0 Å². The minimum atomic E-state index is -0.758. The number of carboxylic acids is 1. The highest BCUT2D eigenvalue weighted by atomic mass is 16.5. The largest absolute Gasteiger partial charge is 0.480 e. The monoisotopic (exact) mass is 242 g/mol. The molecule has 0 amide bonds. The van der Waals surface area contributed by atoms with E-state index in [1.165, 1.54) is 25.9 Å². The predicted octanol–water partition coefficient (Wildman–Crippen LogP) is 0.258. The maximum Gasteiger partial charge on any atom is 0.323 e. The van der Waals surface area contributed by atoms with Gasteiger partial charge in [0.1, 0.15) is 6.04 Å². The van der Waals surface area contributed by atoms with E-state index in [1.54, 1.807) is 0 Å². The average Bonchev–Trinajstić information content (AvgIpc) is 2.82. The molecule has 2 fully saturated rings. The van der Waals surface area contributed by atoms with Gasteiger partial charge in [-0.1, -0.05) is 0 Å². The fourth-order valence-electron chi connectivity index (χ4n) is 2.64. The molecule has 2 saturated heterocycles. The van der Waals surface area contributed by atoms with Crippen molar-refractivity contribution in [1.29, 1.82) is 0 Å². The Morgan fingerprint density at radius 1 is 1.24 bits per heavy atom. The maximum absolute atomic E-state index is 11.1. The van der Waals surface area contributed by atoms with Gasteiger partial charge in [-0.2, -0.15) is 0 Å². The molecule has 0 aliphatic carbocycles. The molecule has 1 atom stereocenters. The van der Waals surface area contributed by atoms with E-state index >= 15 is 0 Å². The Morgan fingerprint density at radius 3 is 2.71 bits per heavy atom. The number of hydrogen-bond donors (Lipinski definition) is 1. The molecular formula is C12H22N2O3. The second kappa shape index (κ2) is 6.33. The SMILES string of the molecule is O=C(O)C1COCCN1CCCN1CCCC1. The van der Waals surface area contributed by atoms with Crippen molar-refractivity contribution in [3.8, 4) is 0 Å². The highest BCUT2D eigenvalue weighted by Gasteiger charge is 2.28. The molecule has 5 heteroatoms. The number of rotatable bonds is 5. The van der Waals surface area contributed by atoms with Gasteiger partial charge in [0, 0.05) is 13.1 Å². The molecule has 0 bridgehead atoms. The van der Waals surface area contributed by atoms with Crippen LogP contribution in [-0.4, -0.2) is 72.9 Å². The van der Waals surface area contributed by atoms with Crippen LogP contribution < -0.4 is 0 Å². The highest BCUT2D eigenvalue weighted by molar-refractivity contribution is 5.73. The van der Waals surface area contributed by atoms with E-state index < -0.39 is 12.0 Å². The maximum atomic E-state index is 11.1. The Hall–Kier alpha value is -0.650. The summed E-state index contributed by atoms with van der Waals surface area (Å²) in [5.74, 6) is -0.758. The van der Waals surface area contributed by atoms with Crippen LogP contribution >= 0.6 is 0 Å². The lowest BCUT2D eigenvalue weighted by molar-refractivity contribution is -0.149. The molecule has 0 aromatic rings. The van der Waals surface area contributed by atoms with Crippen LogP contribution in [0.25, 0.3) is 0 Å². The summed E-state index contributed by atoms with van der Waals surface area (Å²) in [7, 11) is 0. The zero-order valence-corrected chi connectivity index (χ0v) is 10.3. The van der Waals surface area contributed by atoms with Crippen molar-refractivity contribution in [2.45, 2.75) is 25.3 Å². The van der Waals surface area contributed by atoms with Crippen LogP contribution in [0, 0.1) is 0 Å². The van der Waals surface area contributed by atoms with E-state index in [4.69, 9.17) is 9.84 Å². The summed E-state index contributed by atoms with van der Waals surface area (Å²) in [5, 5.41) is 9.09. The van der Waals surface area contributed by atoms with E-state index in [0.29, 0.717) is 13.2 Å². The summed E-state index contributed by atoms with van der Waals surface area (Å²) in [6.45, 7) is 6.14.